The Balaban J connectivity index is 1.99. The molecule has 0 bridgehead atoms. The number of aromatic nitrogens is 2. The standard InChI is InChI=1S/C10H16ClN3O3S/c1-9-12-10(18(11,15)16)8-14(9)3-2-13-4-6-17-7-5-13/h8H,2-7H2,1H3. The molecule has 0 amide bonds. The first kappa shape index (κ1) is 13.8. The molecule has 0 spiro atoms. The van der Waals surface area contributed by atoms with Gasteiger partial charge in [0.15, 0.2) is 5.03 Å². The molecular formula is C10H16ClN3O3S. The second-order valence-corrected chi connectivity index (χ2v) is 6.72. The van der Waals surface area contributed by atoms with Gasteiger partial charge in [0.05, 0.1) is 13.2 Å². The van der Waals surface area contributed by atoms with Crippen LogP contribution in [0.2, 0.25) is 0 Å². The van der Waals surface area contributed by atoms with E-state index in [-0.39, 0.29) is 5.03 Å². The molecule has 1 fully saturated rings. The number of halogens is 1. The molecule has 1 aromatic heterocycles. The van der Waals surface area contributed by atoms with Crippen molar-refractivity contribution in [1.29, 1.82) is 0 Å². The van der Waals surface area contributed by atoms with Crippen molar-refractivity contribution < 1.29 is 13.2 Å². The van der Waals surface area contributed by atoms with E-state index in [0.29, 0.717) is 12.4 Å². The third-order valence-corrected chi connectivity index (χ3v) is 4.14. The van der Waals surface area contributed by atoms with E-state index in [4.69, 9.17) is 15.4 Å². The molecule has 0 saturated carbocycles. The number of rotatable bonds is 4. The third kappa shape index (κ3) is 3.44. The second-order valence-electron chi connectivity index (χ2n) is 4.21. The van der Waals surface area contributed by atoms with E-state index in [1.54, 1.807) is 6.92 Å². The minimum Gasteiger partial charge on any atom is -0.379 e. The molecular weight excluding hydrogens is 278 g/mol. The highest BCUT2D eigenvalue weighted by Crippen LogP contribution is 2.14. The highest BCUT2D eigenvalue weighted by Gasteiger charge is 2.16. The van der Waals surface area contributed by atoms with Gasteiger partial charge in [0.25, 0.3) is 9.05 Å². The first-order valence-electron chi connectivity index (χ1n) is 5.75. The summed E-state index contributed by atoms with van der Waals surface area (Å²) in [5, 5.41) is -0.0800. The number of nitrogens with zero attached hydrogens (tertiary/aromatic N) is 3. The van der Waals surface area contributed by atoms with Gasteiger partial charge in [0, 0.05) is 43.1 Å². The predicted octanol–water partition coefficient (Wildman–Crippen LogP) is 0.451. The number of hydrogen-bond acceptors (Lipinski definition) is 5. The van der Waals surface area contributed by atoms with Crippen LogP contribution in [0.25, 0.3) is 0 Å². The summed E-state index contributed by atoms with van der Waals surface area (Å²) in [4.78, 5) is 6.22. The molecule has 0 aliphatic carbocycles. The van der Waals surface area contributed by atoms with Crippen molar-refractivity contribution in [3.63, 3.8) is 0 Å². The van der Waals surface area contributed by atoms with Gasteiger partial charge in [-0.05, 0) is 6.92 Å². The topological polar surface area (TPSA) is 64.4 Å². The molecule has 2 rings (SSSR count). The zero-order chi connectivity index (χ0) is 13.2. The third-order valence-electron chi connectivity index (χ3n) is 2.96. The Morgan fingerprint density at radius 2 is 2.06 bits per heavy atom. The summed E-state index contributed by atoms with van der Waals surface area (Å²) < 4.78 is 29.4. The lowest BCUT2D eigenvalue weighted by Gasteiger charge is -2.26. The maximum atomic E-state index is 11.2. The van der Waals surface area contributed by atoms with Gasteiger partial charge in [0.2, 0.25) is 0 Å². The molecule has 0 aromatic carbocycles. The molecule has 2 heterocycles. The fourth-order valence-corrected chi connectivity index (χ4v) is 2.61. The average molecular weight is 294 g/mol. The van der Waals surface area contributed by atoms with Gasteiger partial charge in [-0.2, -0.15) is 0 Å². The minimum absolute atomic E-state index is 0.0800. The van der Waals surface area contributed by atoms with Crippen LogP contribution in [0.15, 0.2) is 11.2 Å². The number of imidazole rings is 1. The van der Waals surface area contributed by atoms with Crippen LogP contribution in [0, 0.1) is 6.92 Å². The molecule has 1 aromatic rings. The Labute approximate surface area is 111 Å². The van der Waals surface area contributed by atoms with E-state index in [0.717, 1.165) is 32.8 Å². The van der Waals surface area contributed by atoms with Crippen molar-refractivity contribution >= 4 is 19.7 Å². The molecule has 0 N–H and O–H groups in total. The first-order valence-corrected chi connectivity index (χ1v) is 8.06. The molecule has 1 aliphatic rings. The highest BCUT2D eigenvalue weighted by atomic mass is 35.7. The van der Waals surface area contributed by atoms with Gasteiger partial charge in [-0.1, -0.05) is 0 Å². The molecule has 8 heteroatoms. The summed E-state index contributed by atoms with van der Waals surface area (Å²) in [7, 11) is 1.52. The first-order chi connectivity index (χ1) is 8.47. The molecule has 0 radical (unpaired) electrons. The molecule has 1 saturated heterocycles. The normalized spacial score (nSPS) is 18.1. The van der Waals surface area contributed by atoms with E-state index in [1.807, 2.05) is 4.57 Å². The second kappa shape index (κ2) is 5.56. The van der Waals surface area contributed by atoms with Crippen LogP contribution < -0.4 is 0 Å². The lowest BCUT2D eigenvalue weighted by Crippen LogP contribution is -2.38. The number of morpholine rings is 1. The number of ether oxygens (including phenoxy) is 1. The van der Waals surface area contributed by atoms with Crippen LogP contribution in [0.1, 0.15) is 5.82 Å². The van der Waals surface area contributed by atoms with Crippen molar-refractivity contribution in [2.75, 3.05) is 32.8 Å². The maximum absolute atomic E-state index is 11.2. The summed E-state index contributed by atoms with van der Waals surface area (Å²) in [6.45, 7) is 6.65. The zero-order valence-electron chi connectivity index (χ0n) is 10.2. The molecule has 6 nitrogen and oxygen atoms in total. The molecule has 102 valence electrons. The summed E-state index contributed by atoms with van der Waals surface area (Å²) in [6.07, 6.45) is 1.48. The molecule has 0 unspecified atom stereocenters. The average Bonchev–Trinajstić information content (AvgIpc) is 2.69. The van der Waals surface area contributed by atoms with Crippen LogP contribution in [0.4, 0.5) is 0 Å². The number of hydrogen-bond donors (Lipinski definition) is 0. The van der Waals surface area contributed by atoms with Crippen molar-refractivity contribution in [1.82, 2.24) is 14.5 Å². The lowest BCUT2D eigenvalue weighted by molar-refractivity contribution is 0.0363. The highest BCUT2D eigenvalue weighted by molar-refractivity contribution is 8.13. The van der Waals surface area contributed by atoms with Crippen molar-refractivity contribution in [2.45, 2.75) is 18.5 Å². The van der Waals surface area contributed by atoms with Crippen molar-refractivity contribution in [3.8, 4) is 0 Å². The van der Waals surface area contributed by atoms with Crippen molar-refractivity contribution in [3.05, 3.63) is 12.0 Å². The summed E-state index contributed by atoms with van der Waals surface area (Å²) in [5.41, 5.74) is 0. The lowest BCUT2D eigenvalue weighted by atomic mass is 10.4. The maximum Gasteiger partial charge on any atom is 0.280 e. The molecule has 1 aliphatic heterocycles. The fourth-order valence-electron chi connectivity index (χ4n) is 1.90. The van der Waals surface area contributed by atoms with E-state index < -0.39 is 9.05 Å². The van der Waals surface area contributed by atoms with Gasteiger partial charge in [0.1, 0.15) is 5.82 Å². The Hall–Kier alpha value is -0.630. The zero-order valence-corrected chi connectivity index (χ0v) is 11.7. The Morgan fingerprint density at radius 1 is 1.39 bits per heavy atom. The minimum atomic E-state index is -3.74. The van der Waals surface area contributed by atoms with Crippen LogP contribution >= 0.6 is 10.7 Å². The van der Waals surface area contributed by atoms with Crippen LogP contribution in [-0.4, -0.2) is 55.7 Å². The smallest absolute Gasteiger partial charge is 0.280 e. The Bertz CT molecular complexity index is 508. The monoisotopic (exact) mass is 293 g/mol. The van der Waals surface area contributed by atoms with Crippen LogP contribution in [0.3, 0.4) is 0 Å². The van der Waals surface area contributed by atoms with Gasteiger partial charge in [-0.25, -0.2) is 13.4 Å². The van der Waals surface area contributed by atoms with Gasteiger partial charge in [-0.3, -0.25) is 4.90 Å². The van der Waals surface area contributed by atoms with Gasteiger partial charge >= 0.3 is 0 Å². The Morgan fingerprint density at radius 3 is 2.61 bits per heavy atom. The quantitative estimate of drug-likeness (QED) is 0.754. The molecule has 18 heavy (non-hydrogen) atoms. The van der Waals surface area contributed by atoms with Crippen molar-refractivity contribution in [2.24, 2.45) is 0 Å². The molecule has 0 atom stereocenters. The number of aryl methyl sites for hydroxylation is 1. The van der Waals surface area contributed by atoms with Gasteiger partial charge < -0.3 is 9.30 Å². The Kier molecular flexibility index (Phi) is 4.26. The van der Waals surface area contributed by atoms with Crippen LogP contribution in [-0.2, 0) is 20.3 Å². The van der Waals surface area contributed by atoms with E-state index in [9.17, 15) is 8.42 Å². The fraction of sp³-hybridized carbons (Fsp3) is 0.700. The van der Waals surface area contributed by atoms with E-state index >= 15 is 0 Å². The summed E-state index contributed by atoms with van der Waals surface area (Å²) in [5.74, 6) is 0.655. The summed E-state index contributed by atoms with van der Waals surface area (Å²) >= 11 is 0. The summed E-state index contributed by atoms with van der Waals surface area (Å²) in [6, 6.07) is 0. The van der Waals surface area contributed by atoms with E-state index in [2.05, 4.69) is 9.88 Å². The SMILES string of the molecule is Cc1nc(S(=O)(=O)Cl)cn1CCN1CCOCC1. The van der Waals surface area contributed by atoms with Crippen LogP contribution in [0.5, 0.6) is 0 Å². The van der Waals surface area contributed by atoms with Gasteiger partial charge in [-0.15, -0.1) is 0 Å². The largest absolute Gasteiger partial charge is 0.379 e. The van der Waals surface area contributed by atoms with E-state index in [1.165, 1.54) is 6.20 Å². The predicted molar refractivity (Wildman–Crippen MR) is 67.3 cm³/mol.